The van der Waals surface area contributed by atoms with Crippen LogP contribution in [0.15, 0.2) is 35.9 Å². The molecule has 0 aromatic heterocycles. The number of hydrogen-bond donors (Lipinski definition) is 2. The molecule has 0 unspecified atom stereocenters. The minimum absolute atomic E-state index is 0.0404. The number of hydrogen-bond acceptors (Lipinski definition) is 4. The van der Waals surface area contributed by atoms with E-state index < -0.39 is 5.91 Å². The van der Waals surface area contributed by atoms with Crippen molar-refractivity contribution in [1.29, 1.82) is 0 Å². The molecule has 22 heavy (non-hydrogen) atoms. The Morgan fingerprint density at radius 2 is 1.77 bits per heavy atom. The van der Waals surface area contributed by atoms with Gasteiger partial charge in [-0.2, -0.15) is 0 Å². The van der Waals surface area contributed by atoms with Crippen LogP contribution >= 0.6 is 0 Å². The Hall–Kier alpha value is -2.47. The van der Waals surface area contributed by atoms with E-state index in [1.807, 2.05) is 0 Å². The standard InChI is InChI=1S/C16H20N2O4/c1-11(16(21)17-8-9-22-3)10-15(20)18-14-6-4-13(5-7-14)12(2)19/h4-7,10H,8-9H2,1-3H3,(H,17,21)(H,18,20)/b11-10-. The van der Waals surface area contributed by atoms with Crippen LogP contribution in [0.25, 0.3) is 0 Å². The summed E-state index contributed by atoms with van der Waals surface area (Å²) in [6, 6.07) is 6.53. The third kappa shape index (κ3) is 5.88. The van der Waals surface area contributed by atoms with E-state index in [1.165, 1.54) is 13.0 Å². The molecular formula is C16H20N2O4. The summed E-state index contributed by atoms with van der Waals surface area (Å²) in [7, 11) is 1.54. The summed E-state index contributed by atoms with van der Waals surface area (Å²) in [6.07, 6.45) is 1.22. The lowest BCUT2D eigenvalue weighted by Crippen LogP contribution is -2.28. The van der Waals surface area contributed by atoms with Gasteiger partial charge in [0.05, 0.1) is 6.61 Å². The summed E-state index contributed by atoms with van der Waals surface area (Å²) in [5.41, 5.74) is 1.43. The fourth-order valence-electron chi connectivity index (χ4n) is 1.63. The van der Waals surface area contributed by atoms with Crippen LogP contribution in [0.4, 0.5) is 5.69 Å². The van der Waals surface area contributed by atoms with Gasteiger partial charge in [0, 0.05) is 36.6 Å². The number of anilines is 1. The lowest BCUT2D eigenvalue weighted by atomic mass is 10.1. The van der Waals surface area contributed by atoms with Crippen molar-refractivity contribution < 1.29 is 19.1 Å². The van der Waals surface area contributed by atoms with Crippen molar-refractivity contribution in [2.45, 2.75) is 13.8 Å². The van der Waals surface area contributed by atoms with Gasteiger partial charge in [0.2, 0.25) is 11.8 Å². The van der Waals surface area contributed by atoms with Gasteiger partial charge in [0.25, 0.3) is 0 Å². The molecule has 118 valence electrons. The third-order valence-corrected chi connectivity index (χ3v) is 2.86. The molecule has 0 atom stereocenters. The molecule has 0 saturated carbocycles. The van der Waals surface area contributed by atoms with Crippen LogP contribution in [0.5, 0.6) is 0 Å². The van der Waals surface area contributed by atoms with Gasteiger partial charge in [0.1, 0.15) is 0 Å². The van der Waals surface area contributed by atoms with Crippen molar-refractivity contribution in [3.8, 4) is 0 Å². The zero-order valence-electron chi connectivity index (χ0n) is 12.9. The number of amides is 2. The molecule has 6 heteroatoms. The number of Topliss-reactive ketones (excluding diaryl/α,β-unsaturated/α-hetero) is 1. The highest BCUT2D eigenvalue weighted by molar-refractivity contribution is 6.06. The largest absolute Gasteiger partial charge is 0.383 e. The number of nitrogens with one attached hydrogen (secondary N) is 2. The zero-order valence-corrected chi connectivity index (χ0v) is 12.9. The Labute approximate surface area is 129 Å². The van der Waals surface area contributed by atoms with Crippen LogP contribution in [-0.4, -0.2) is 37.9 Å². The molecule has 1 aromatic rings. The Balaban J connectivity index is 2.58. The maximum absolute atomic E-state index is 11.8. The quantitative estimate of drug-likeness (QED) is 0.454. The van der Waals surface area contributed by atoms with E-state index in [0.717, 1.165) is 0 Å². The molecule has 0 heterocycles. The van der Waals surface area contributed by atoms with Gasteiger partial charge in [0.15, 0.2) is 5.78 Å². The van der Waals surface area contributed by atoms with Crippen molar-refractivity contribution in [2.75, 3.05) is 25.6 Å². The van der Waals surface area contributed by atoms with Crippen molar-refractivity contribution in [2.24, 2.45) is 0 Å². The van der Waals surface area contributed by atoms with Crippen molar-refractivity contribution >= 4 is 23.3 Å². The minimum Gasteiger partial charge on any atom is -0.383 e. The molecule has 0 spiro atoms. The first-order valence-corrected chi connectivity index (χ1v) is 6.81. The van der Waals surface area contributed by atoms with Gasteiger partial charge >= 0.3 is 0 Å². The van der Waals surface area contributed by atoms with Crippen LogP contribution in [0.2, 0.25) is 0 Å². The van der Waals surface area contributed by atoms with E-state index in [9.17, 15) is 14.4 Å². The molecule has 0 saturated heterocycles. The van der Waals surface area contributed by atoms with Gasteiger partial charge in [-0.05, 0) is 38.1 Å². The molecule has 6 nitrogen and oxygen atoms in total. The number of methoxy groups -OCH3 is 1. The molecule has 0 radical (unpaired) electrons. The van der Waals surface area contributed by atoms with Crippen LogP contribution < -0.4 is 10.6 Å². The fraction of sp³-hybridized carbons (Fsp3) is 0.312. The summed E-state index contributed by atoms with van der Waals surface area (Å²) < 4.78 is 4.82. The molecule has 1 aromatic carbocycles. The van der Waals surface area contributed by atoms with Crippen LogP contribution in [0, 0.1) is 0 Å². The van der Waals surface area contributed by atoms with Gasteiger partial charge in [-0.15, -0.1) is 0 Å². The van der Waals surface area contributed by atoms with E-state index >= 15 is 0 Å². The molecule has 0 fully saturated rings. The molecule has 0 bridgehead atoms. The van der Waals surface area contributed by atoms with E-state index in [4.69, 9.17) is 4.74 Å². The van der Waals surface area contributed by atoms with Crippen LogP contribution in [-0.2, 0) is 14.3 Å². The van der Waals surface area contributed by atoms with Gasteiger partial charge in [-0.3, -0.25) is 14.4 Å². The monoisotopic (exact) mass is 304 g/mol. The fourth-order valence-corrected chi connectivity index (χ4v) is 1.63. The van der Waals surface area contributed by atoms with Crippen molar-refractivity contribution in [3.05, 3.63) is 41.5 Å². The maximum atomic E-state index is 11.8. The SMILES string of the molecule is COCCNC(=O)/C(C)=C\C(=O)Nc1ccc(C(C)=O)cc1. The number of carbonyl (C=O) groups is 3. The predicted molar refractivity (Wildman–Crippen MR) is 83.7 cm³/mol. The van der Waals surface area contributed by atoms with Gasteiger partial charge < -0.3 is 15.4 Å². The second-order valence-corrected chi connectivity index (χ2v) is 4.70. The Bertz CT molecular complexity index is 576. The number of ketones is 1. The highest BCUT2D eigenvalue weighted by Gasteiger charge is 2.07. The first kappa shape index (κ1) is 17.6. The predicted octanol–water partition coefficient (Wildman–Crippen LogP) is 1.54. The zero-order chi connectivity index (χ0) is 16.5. The molecule has 0 aliphatic carbocycles. The summed E-state index contributed by atoms with van der Waals surface area (Å²) in [6.45, 7) is 3.82. The number of benzene rings is 1. The highest BCUT2D eigenvalue weighted by atomic mass is 16.5. The van der Waals surface area contributed by atoms with Crippen LogP contribution in [0.3, 0.4) is 0 Å². The summed E-state index contributed by atoms with van der Waals surface area (Å²) >= 11 is 0. The second kappa shape index (κ2) is 8.74. The summed E-state index contributed by atoms with van der Waals surface area (Å²) in [4.78, 5) is 34.6. The Morgan fingerprint density at radius 1 is 1.14 bits per heavy atom. The van der Waals surface area contributed by atoms with Gasteiger partial charge in [-0.25, -0.2) is 0 Å². The number of carbonyl (C=O) groups excluding carboxylic acids is 3. The summed E-state index contributed by atoms with van der Waals surface area (Å²) in [5.74, 6) is -0.768. The molecule has 1 rings (SSSR count). The minimum atomic E-state index is -0.407. The topological polar surface area (TPSA) is 84.5 Å². The lowest BCUT2D eigenvalue weighted by molar-refractivity contribution is -0.118. The Morgan fingerprint density at radius 3 is 2.32 bits per heavy atom. The Kier molecular flexibility index (Phi) is 6.98. The maximum Gasteiger partial charge on any atom is 0.248 e. The second-order valence-electron chi connectivity index (χ2n) is 4.70. The van der Waals surface area contributed by atoms with Crippen molar-refractivity contribution in [1.82, 2.24) is 5.32 Å². The van der Waals surface area contributed by atoms with E-state index in [1.54, 1.807) is 38.3 Å². The molecule has 2 amide bonds. The first-order valence-electron chi connectivity index (χ1n) is 6.81. The average Bonchev–Trinajstić information content (AvgIpc) is 2.47. The normalized spacial score (nSPS) is 11.0. The molecule has 2 N–H and O–H groups in total. The van der Waals surface area contributed by atoms with E-state index in [0.29, 0.717) is 30.0 Å². The number of ether oxygens (including phenoxy) is 1. The average molecular weight is 304 g/mol. The lowest BCUT2D eigenvalue weighted by Gasteiger charge is -2.06. The van der Waals surface area contributed by atoms with Crippen LogP contribution in [0.1, 0.15) is 24.2 Å². The third-order valence-electron chi connectivity index (χ3n) is 2.86. The van der Waals surface area contributed by atoms with Crippen molar-refractivity contribution in [3.63, 3.8) is 0 Å². The molecule has 0 aliphatic heterocycles. The van der Waals surface area contributed by atoms with Gasteiger partial charge in [-0.1, -0.05) is 0 Å². The highest BCUT2D eigenvalue weighted by Crippen LogP contribution is 2.10. The summed E-state index contributed by atoms with van der Waals surface area (Å²) in [5, 5.41) is 5.25. The number of rotatable bonds is 7. The smallest absolute Gasteiger partial charge is 0.248 e. The van der Waals surface area contributed by atoms with E-state index in [2.05, 4.69) is 10.6 Å². The molecule has 0 aliphatic rings. The van der Waals surface area contributed by atoms with E-state index in [-0.39, 0.29) is 11.7 Å². The molecular weight excluding hydrogens is 284 g/mol. The first-order chi connectivity index (χ1) is 10.4.